The third kappa shape index (κ3) is 3.95. The van der Waals surface area contributed by atoms with Crippen molar-refractivity contribution in [1.29, 1.82) is 0 Å². The van der Waals surface area contributed by atoms with Gasteiger partial charge in [0, 0.05) is 11.4 Å². The first-order chi connectivity index (χ1) is 6.03. The topological polar surface area (TPSA) is 46.2 Å². The maximum Gasteiger partial charge on any atom is 0.221 e. The molecule has 1 aromatic heterocycles. The minimum absolute atomic E-state index is 0.0842. The monoisotopic (exact) mass is 303 g/mol. The van der Waals surface area contributed by atoms with Crippen LogP contribution < -0.4 is 4.72 Å². The van der Waals surface area contributed by atoms with Crippen molar-refractivity contribution in [3.8, 4) is 0 Å². The van der Waals surface area contributed by atoms with E-state index >= 15 is 0 Å². The van der Waals surface area contributed by atoms with Crippen molar-refractivity contribution in [2.45, 2.75) is 6.54 Å². The molecule has 1 rings (SSSR count). The normalized spacial score (nSPS) is 11.8. The van der Waals surface area contributed by atoms with Gasteiger partial charge in [0.2, 0.25) is 10.0 Å². The van der Waals surface area contributed by atoms with Crippen molar-refractivity contribution >= 4 is 48.9 Å². The lowest BCUT2D eigenvalue weighted by atomic mass is 10.5. The van der Waals surface area contributed by atoms with Crippen LogP contribution in [0.4, 0.5) is 0 Å². The van der Waals surface area contributed by atoms with Crippen molar-refractivity contribution in [3.05, 3.63) is 21.3 Å². The number of hydrogen-bond acceptors (Lipinski definition) is 3. The number of sulfonamides is 1. The zero-order chi connectivity index (χ0) is 9.90. The van der Waals surface area contributed by atoms with E-state index < -0.39 is 10.0 Å². The molecule has 74 valence electrons. The Labute approximate surface area is 94.3 Å². The van der Waals surface area contributed by atoms with Crippen LogP contribution in [0.15, 0.2) is 12.1 Å². The summed E-state index contributed by atoms with van der Waals surface area (Å²) < 4.78 is 25.0. The van der Waals surface area contributed by atoms with Crippen LogP contribution in [0.1, 0.15) is 4.88 Å². The van der Waals surface area contributed by atoms with Crippen molar-refractivity contribution in [2.75, 3.05) is 4.66 Å². The molecule has 0 saturated heterocycles. The molecule has 0 bridgehead atoms. The van der Waals surface area contributed by atoms with E-state index in [9.17, 15) is 8.42 Å². The van der Waals surface area contributed by atoms with Crippen LogP contribution in [0.5, 0.6) is 0 Å². The third-order valence-corrected chi connectivity index (χ3v) is 5.15. The van der Waals surface area contributed by atoms with Gasteiger partial charge in [-0.05, 0) is 12.1 Å². The minimum Gasteiger partial charge on any atom is -0.212 e. The summed E-state index contributed by atoms with van der Waals surface area (Å²) in [5, 5.41) is 0. The summed E-state index contributed by atoms with van der Waals surface area (Å²) in [7, 11) is -3.18. The Balaban J connectivity index is 2.53. The molecule has 0 unspecified atom stereocenters. The van der Waals surface area contributed by atoms with Gasteiger partial charge in [0.15, 0.2) is 0 Å². The zero-order valence-electron chi connectivity index (χ0n) is 6.46. The Kier molecular flexibility index (Phi) is 4.18. The zero-order valence-corrected chi connectivity index (χ0v) is 10.4. The molecule has 7 heteroatoms. The number of thiophene rings is 1. The maximum atomic E-state index is 11.0. The predicted molar refractivity (Wildman–Crippen MR) is 58.9 cm³/mol. The number of rotatable bonds is 4. The average molecular weight is 305 g/mol. The summed E-state index contributed by atoms with van der Waals surface area (Å²) in [5.74, 6) is 0. The number of halogens is 2. The van der Waals surface area contributed by atoms with Gasteiger partial charge in [-0.3, -0.25) is 0 Å². The highest BCUT2D eigenvalue weighted by Gasteiger charge is 2.07. The first kappa shape index (κ1) is 11.5. The van der Waals surface area contributed by atoms with Crippen molar-refractivity contribution < 1.29 is 8.42 Å². The Bertz CT molecular complexity index is 376. The molecule has 1 heterocycles. The van der Waals surface area contributed by atoms with Gasteiger partial charge in [-0.25, -0.2) is 13.1 Å². The van der Waals surface area contributed by atoms with Gasteiger partial charge in [-0.2, -0.15) is 0 Å². The Morgan fingerprint density at radius 3 is 2.69 bits per heavy atom. The highest BCUT2D eigenvalue weighted by molar-refractivity contribution is 9.10. The number of alkyl halides is 1. The quantitative estimate of drug-likeness (QED) is 0.867. The van der Waals surface area contributed by atoms with E-state index in [1.165, 1.54) is 11.3 Å². The van der Waals surface area contributed by atoms with Crippen LogP contribution in [0, 0.1) is 0 Å². The lowest BCUT2D eigenvalue weighted by Gasteiger charge is -2.00. The fraction of sp³-hybridized carbons (Fsp3) is 0.333. The van der Waals surface area contributed by atoms with E-state index in [4.69, 9.17) is 11.6 Å². The van der Waals surface area contributed by atoms with Crippen molar-refractivity contribution in [3.63, 3.8) is 0 Å². The Morgan fingerprint density at radius 2 is 2.23 bits per heavy atom. The summed E-state index contributed by atoms with van der Waals surface area (Å²) in [6.07, 6.45) is 0. The first-order valence-corrected chi connectivity index (χ1v) is 7.28. The second-order valence-electron chi connectivity index (χ2n) is 2.25. The van der Waals surface area contributed by atoms with Gasteiger partial charge < -0.3 is 0 Å². The average Bonchev–Trinajstić information content (AvgIpc) is 2.48. The highest BCUT2D eigenvalue weighted by atomic mass is 79.9. The van der Waals surface area contributed by atoms with E-state index in [-0.39, 0.29) is 4.66 Å². The molecule has 0 aliphatic rings. The SMILES string of the molecule is O=S(=O)(CBr)NCc1ccc(Cl)s1. The molecule has 0 amide bonds. The molecule has 0 fully saturated rings. The second-order valence-corrected chi connectivity index (χ2v) is 7.16. The third-order valence-electron chi connectivity index (χ3n) is 1.24. The molecule has 3 nitrogen and oxygen atoms in total. The van der Waals surface area contributed by atoms with Gasteiger partial charge in [-0.1, -0.05) is 27.5 Å². The van der Waals surface area contributed by atoms with Gasteiger partial charge in [0.25, 0.3) is 0 Å². The molecule has 0 radical (unpaired) electrons. The number of nitrogens with one attached hydrogen (secondary N) is 1. The smallest absolute Gasteiger partial charge is 0.212 e. The molecule has 0 aliphatic carbocycles. The predicted octanol–water partition coefficient (Wildman–Crippen LogP) is 2.17. The fourth-order valence-corrected chi connectivity index (χ4v) is 2.72. The largest absolute Gasteiger partial charge is 0.221 e. The van der Waals surface area contributed by atoms with E-state index in [0.717, 1.165) is 4.88 Å². The molecule has 0 atom stereocenters. The molecule has 0 aliphatic heterocycles. The lowest BCUT2D eigenvalue weighted by molar-refractivity contribution is 0.587. The summed E-state index contributed by atoms with van der Waals surface area (Å²) in [6.45, 7) is 0.297. The maximum absolute atomic E-state index is 11.0. The summed E-state index contributed by atoms with van der Waals surface area (Å²) >= 11 is 9.91. The van der Waals surface area contributed by atoms with Gasteiger partial charge in [0.05, 0.1) is 4.34 Å². The minimum atomic E-state index is -3.18. The first-order valence-electron chi connectivity index (χ1n) is 3.31. The van der Waals surface area contributed by atoms with Crippen LogP contribution in [0.2, 0.25) is 4.34 Å². The van der Waals surface area contributed by atoms with Crippen LogP contribution >= 0.6 is 38.9 Å². The molecule has 13 heavy (non-hydrogen) atoms. The summed E-state index contributed by atoms with van der Waals surface area (Å²) in [4.78, 5) is 0.898. The van der Waals surface area contributed by atoms with E-state index in [1.54, 1.807) is 12.1 Å². The number of hydrogen-bond donors (Lipinski definition) is 1. The fourth-order valence-electron chi connectivity index (χ4n) is 0.666. The van der Waals surface area contributed by atoms with Crippen molar-refractivity contribution in [1.82, 2.24) is 4.72 Å². The Hall–Kier alpha value is 0.380. The lowest BCUT2D eigenvalue weighted by Crippen LogP contribution is -2.23. The Morgan fingerprint density at radius 1 is 1.54 bits per heavy atom. The van der Waals surface area contributed by atoms with E-state index in [1.807, 2.05) is 0 Å². The van der Waals surface area contributed by atoms with E-state index in [0.29, 0.717) is 10.9 Å². The molecule has 0 aromatic carbocycles. The van der Waals surface area contributed by atoms with E-state index in [2.05, 4.69) is 20.7 Å². The summed E-state index contributed by atoms with van der Waals surface area (Å²) in [5.41, 5.74) is 0. The molecule has 1 N–H and O–H groups in total. The molecule has 0 saturated carbocycles. The molecule has 1 aromatic rings. The van der Waals surface area contributed by atoms with Crippen LogP contribution in [0.3, 0.4) is 0 Å². The molecular weight excluding hydrogens is 298 g/mol. The molecule has 0 spiro atoms. The van der Waals surface area contributed by atoms with Gasteiger partial charge in [0.1, 0.15) is 4.66 Å². The van der Waals surface area contributed by atoms with Crippen LogP contribution in [-0.4, -0.2) is 13.1 Å². The van der Waals surface area contributed by atoms with Crippen molar-refractivity contribution in [2.24, 2.45) is 0 Å². The van der Waals surface area contributed by atoms with Crippen LogP contribution in [-0.2, 0) is 16.6 Å². The van der Waals surface area contributed by atoms with Gasteiger partial charge in [-0.15, -0.1) is 11.3 Å². The van der Waals surface area contributed by atoms with Gasteiger partial charge >= 0.3 is 0 Å². The molecular formula is C6H7BrClNO2S2. The van der Waals surface area contributed by atoms with Crippen LogP contribution in [0.25, 0.3) is 0 Å². The second kappa shape index (κ2) is 4.75. The summed E-state index contributed by atoms with van der Waals surface area (Å²) in [6, 6.07) is 3.54. The standard InChI is InChI=1S/C6H7BrClNO2S2/c7-4-13(10,11)9-3-5-1-2-6(8)12-5/h1-2,9H,3-4H2. The highest BCUT2D eigenvalue weighted by Crippen LogP contribution is 2.21.